The van der Waals surface area contributed by atoms with Gasteiger partial charge in [-0.15, -0.1) is 0 Å². The summed E-state index contributed by atoms with van der Waals surface area (Å²) in [7, 11) is 0. The van der Waals surface area contributed by atoms with Crippen molar-refractivity contribution in [3.63, 3.8) is 0 Å². The van der Waals surface area contributed by atoms with Gasteiger partial charge in [0.15, 0.2) is 0 Å². The van der Waals surface area contributed by atoms with E-state index in [9.17, 15) is 15.3 Å². The molecule has 31 heavy (non-hydrogen) atoms. The standard InChI is InChI=1S/C24H21N3O4/c1-3-29-24(28)21-15(2)31-23(27)20(13-26)22(21)16-9-6-10-19(11-16)30-14-18-8-5-4-7-17(18)12-25/h4-11,22H,3,14,27H2,1-2H3. The van der Waals surface area contributed by atoms with Crippen molar-refractivity contribution in [2.75, 3.05) is 6.61 Å². The van der Waals surface area contributed by atoms with Crippen LogP contribution in [0.1, 0.15) is 36.5 Å². The third-order valence-electron chi connectivity index (χ3n) is 4.82. The number of nitrogens with zero attached hydrogens (tertiary/aromatic N) is 2. The van der Waals surface area contributed by atoms with Gasteiger partial charge in [-0.3, -0.25) is 0 Å². The molecule has 0 radical (unpaired) electrons. The Morgan fingerprint density at radius 2 is 1.94 bits per heavy atom. The van der Waals surface area contributed by atoms with Crippen LogP contribution < -0.4 is 10.5 Å². The molecule has 0 fully saturated rings. The Balaban J connectivity index is 1.96. The topological polar surface area (TPSA) is 118 Å². The van der Waals surface area contributed by atoms with Gasteiger partial charge in [0.2, 0.25) is 5.88 Å². The van der Waals surface area contributed by atoms with Gasteiger partial charge in [0.1, 0.15) is 29.8 Å². The van der Waals surface area contributed by atoms with E-state index in [0.29, 0.717) is 16.9 Å². The van der Waals surface area contributed by atoms with Gasteiger partial charge in [-0.05, 0) is 37.6 Å². The maximum absolute atomic E-state index is 12.6. The highest BCUT2D eigenvalue weighted by Crippen LogP contribution is 2.40. The Morgan fingerprint density at radius 3 is 2.65 bits per heavy atom. The van der Waals surface area contributed by atoms with Crippen molar-refractivity contribution in [1.82, 2.24) is 0 Å². The zero-order chi connectivity index (χ0) is 22.4. The van der Waals surface area contributed by atoms with Gasteiger partial charge in [0, 0.05) is 5.56 Å². The Morgan fingerprint density at radius 1 is 1.16 bits per heavy atom. The van der Waals surface area contributed by atoms with Crippen molar-refractivity contribution in [3.8, 4) is 17.9 Å². The molecule has 1 aliphatic heterocycles. The van der Waals surface area contributed by atoms with E-state index in [1.807, 2.05) is 12.1 Å². The van der Waals surface area contributed by atoms with Crippen LogP contribution in [-0.2, 0) is 20.9 Å². The zero-order valence-electron chi connectivity index (χ0n) is 17.2. The lowest BCUT2D eigenvalue weighted by atomic mass is 9.83. The molecule has 0 aliphatic carbocycles. The first-order chi connectivity index (χ1) is 15.0. The number of hydrogen-bond donors (Lipinski definition) is 1. The number of esters is 1. The summed E-state index contributed by atoms with van der Waals surface area (Å²) >= 11 is 0. The van der Waals surface area contributed by atoms with Gasteiger partial charge < -0.3 is 19.9 Å². The van der Waals surface area contributed by atoms with Gasteiger partial charge >= 0.3 is 5.97 Å². The SMILES string of the molecule is CCOC(=O)C1=C(C)OC(N)=C(C#N)C1c1cccc(OCc2ccccc2C#N)c1. The number of ether oxygens (including phenoxy) is 3. The van der Waals surface area contributed by atoms with Gasteiger partial charge in [-0.1, -0.05) is 30.3 Å². The lowest BCUT2D eigenvalue weighted by Crippen LogP contribution is -2.25. The minimum Gasteiger partial charge on any atom is -0.489 e. The van der Waals surface area contributed by atoms with Crippen molar-refractivity contribution in [2.24, 2.45) is 5.73 Å². The molecular formula is C24H21N3O4. The fraction of sp³-hybridized carbons (Fsp3) is 0.208. The smallest absolute Gasteiger partial charge is 0.338 e. The second kappa shape index (κ2) is 9.51. The van der Waals surface area contributed by atoms with Crippen LogP contribution in [0.15, 0.2) is 71.3 Å². The molecule has 2 aromatic rings. The Bertz CT molecular complexity index is 1150. The molecular weight excluding hydrogens is 394 g/mol. The largest absolute Gasteiger partial charge is 0.489 e. The predicted molar refractivity (Wildman–Crippen MR) is 112 cm³/mol. The van der Waals surface area contributed by atoms with Gasteiger partial charge in [-0.25, -0.2) is 4.79 Å². The van der Waals surface area contributed by atoms with Crippen LogP contribution in [0.4, 0.5) is 0 Å². The van der Waals surface area contributed by atoms with Crippen LogP contribution >= 0.6 is 0 Å². The number of benzene rings is 2. The maximum Gasteiger partial charge on any atom is 0.338 e. The monoisotopic (exact) mass is 415 g/mol. The van der Waals surface area contributed by atoms with E-state index in [0.717, 1.165) is 5.56 Å². The van der Waals surface area contributed by atoms with Crippen LogP contribution in [0.5, 0.6) is 5.75 Å². The molecule has 3 rings (SSSR count). The zero-order valence-corrected chi connectivity index (χ0v) is 17.2. The number of hydrogen-bond acceptors (Lipinski definition) is 7. The summed E-state index contributed by atoms with van der Waals surface area (Å²) in [4.78, 5) is 12.6. The number of carbonyl (C=O) groups is 1. The quantitative estimate of drug-likeness (QED) is 0.713. The Hall–Kier alpha value is -4.23. The van der Waals surface area contributed by atoms with Crippen molar-refractivity contribution in [1.29, 1.82) is 10.5 Å². The summed E-state index contributed by atoms with van der Waals surface area (Å²) in [5, 5.41) is 18.9. The fourth-order valence-corrected chi connectivity index (χ4v) is 3.39. The fourth-order valence-electron chi connectivity index (χ4n) is 3.39. The molecule has 1 aliphatic rings. The third-order valence-corrected chi connectivity index (χ3v) is 4.82. The van der Waals surface area contributed by atoms with Gasteiger partial charge in [-0.2, -0.15) is 10.5 Å². The van der Waals surface area contributed by atoms with E-state index in [1.165, 1.54) is 0 Å². The maximum atomic E-state index is 12.6. The minimum atomic E-state index is -0.743. The van der Waals surface area contributed by atoms with E-state index < -0.39 is 11.9 Å². The molecule has 0 bridgehead atoms. The summed E-state index contributed by atoms with van der Waals surface area (Å²) in [5.41, 5.74) is 8.21. The van der Waals surface area contributed by atoms with Crippen molar-refractivity contribution in [2.45, 2.75) is 26.4 Å². The molecule has 156 valence electrons. The second-order valence-corrected chi connectivity index (χ2v) is 6.75. The molecule has 1 atom stereocenters. The lowest BCUT2D eigenvalue weighted by Gasteiger charge is -2.27. The van der Waals surface area contributed by atoms with E-state index in [1.54, 1.807) is 50.2 Å². The number of rotatable bonds is 6. The normalized spacial score (nSPS) is 15.5. The van der Waals surface area contributed by atoms with Crippen molar-refractivity contribution >= 4 is 5.97 Å². The lowest BCUT2D eigenvalue weighted by molar-refractivity contribution is -0.139. The summed E-state index contributed by atoms with van der Waals surface area (Å²) in [6.07, 6.45) is 0. The minimum absolute atomic E-state index is 0.0488. The highest BCUT2D eigenvalue weighted by molar-refractivity contribution is 5.92. The molecule has 0 saturated carbocycles. The molecule has 0 amide bonds. The molecule has 0 spiro atoms. The van der Waals surface area contributed by atoms with Crippen LogP contribution in [0, 0.1) is 22.7 Å². The van der Waals surface area contributed by atoms with Crippen LogP contribution in [-0.4, -0.2) is 12.6 Å². The molecule has 1 heterocycles. The first-order valence-corrected chi connectivity index (χ1v) is 9.66. The Labute approximate surface area is 180 Å². The summed E-state index contributed by atoms with van der Waals surface area (Å²) in [6, 6.07) is 18.4. The van der Waals surface area contributed by atoms with E-state index >= 15 is 0 Å². The summed E-state index contributed by atoms with van der Waals surface area (Å²) in [5.74, 6) is -0.553. The van der Waals surface area contributed by atoms with Crippen LogP contribution in [0.2, 0.25) is 0 Å². The predicted octanol–water partition coefficient (Wildman–Crippen LogP) is 3.78. The van der Waals surface area contributed by atoms with Crippen LogP contribution in [0.3, 0.4) is 0 Å². The summed E-state index contributed by atoms with van der Waals surface area (Å²) < 4.78 is 16.5. The van der Waals surface area contributed by atoms with Gasteiger partial charge in [0.25, 0.3) is 0 Å². The molecule has 2 N–H and O–H groups in total. The number of nitrogens with two attached hydrogens (primary N) is 1. The second-order valence-electron chi connectivity index (χ2n) is 6.75. The van der Waals surface area contributed by atoms with E-state index in [2.05, 4.69) is 12.1 Å². The molecule has 7 nitrogen and oxygen atoms in total. The van der Waals surface area contributed by atoms with Gasteiger partial charge in [0.05, 0.1) is 29.7 Å². The average molecular weight is 415 g/mol. The third kappa shape index (κ3) is 4.52. The van der Waals surface area contributed by atoms with Crippen LogP contribution in [0.25, 0.3) is 0 Å². The number of allylic oxidation sites excluding steroid dienone is 2. The summed E-state index contributed by atoms with van der Waals surface area (Å²) in [6.45, 7) is 3.70. The van der Waals surface area contributed by atoms with E-state index in [4.69, 9.17) is 19.9 Å². The molecule has 2 aromatic carbocycles. The highest BCUT2D eigenvalue weighted by atomic mass is 16.5. The molecule has 0 saturated heterocycles. The number of carbonyl (C=O) groups excluding carboxylic acids is 1. The molecule has 7 heteroatoms. The van der Waals surface area contributed by atoms with Crippen molar-refractivity contribution in [3.05, 3.63) is 88.0 Å². The average Bonchev–Trinajstić information content (AvgIpc) is 2.77. The first kappa shape index (κ1) is 21.5. The number of nitriles is 2. The highest BCUT2D eigenvalue weighted by Gasteiger charge is 2.36. The molecule has 0 aromatic heterocycles. The molecule has 1 unspecified atom stereocenters. The first-order valence-electron chi connectivity index (χ1n) is 9.66. The van der Waals surface area contributed by atoms with E-state index in [-0.39, 0.29) is 36.0 Å². The van der Waals surface area contributed by atoms with Crippen molar-refractivity contribution < 1.29 is 19.0 Å². The Kier molecular flexibility index (Phi) is 6.59.